The number of benzene rings is 10. The number of nitrogens with zero attached hydrogens (tertiary/aromatic N) is 2. The first-order chi connectivity index (χ1) is 27.8. The summed E-state index contributed by atoms with van der Waals surface area (Å²) in [7, 11) is 0. The van der Waals surface area contributed by atoms with E-state index in [-0.39, 0.29) is 0 Å². The molecule has 0 bridgehead atoms. The van der Waals surface area contributed by atoms with Crippen molar-refractivity contribution in [3.8, 4) is 39.1 Å². The smallest absolute Gasteiger partial charge is 0.0568 e. The van der Waals surface area contributed by atoms with E-state index in [9.17, 15) is 0 Å². The minimum atomic E-state index is 1.10. The molecule has 2 heteroatoms. The predicted octanol–water partition coefficient (Wildman–Crippen LogP) is 15.0. The molecule has 260 valence electrons. The van der Waals surface area contributed by atoms with Gasteiger partial charge in [0.2, 0.25) is 0 Å². The molecule has 0 unspecified atom stereocenters. The van der Waals surface area contributed by atoms with E-state index in [1.54, 1.807) is 0 Å². The van der Waals surface area contributed by atoms with Crippen molar-refractivity contribution in [3.05, 3.63) is 206 Å². The molecule has 0 saturated heterocycles. The number of anilines is 3. The van der Waals surface area contributed by atoms with E-state index >= 15 is 0 Å². The Balaban J connectivity index is 1.21. The van der Waals surface area contributed by atoms with Gasteiger partial charge in [0, 0.05) is 44.0 Å². The van der Waals surface area contributed by atoms with Gasteiger partial charge in [-0.3, -0.25) is 0 Å². The van der Waals surface area contributed by atoms with E-state index in [2.05, 4.69) is 216 Å². The van der Waals surface area contributed by atoms with Gasteiger partial charge in [-0.2, -0.15) is 0 Å². The first-order valence-electron chi connectivity index (χ1n) is 19.4. The van der Waals surface area contributed by atoms with Crippen LogP contribution >= 0.6 is 0 Å². The molecule has 56 heavy (non-hydrogen) atoms. The van der Waals surface area contributed by atoms with Gasteiger partial charge < -0.3 is 9.47 Å². The molecule has 0 spiro atoms. The van der Waals surface area contributed by atoms with Gasteiger partial charge in [0.05, 0.1) is 16.7 Å². The lowest BCUT2D eigenvalue weighted by Crippen LogP contribution is -2.11. The van der Waals surface area contributed by atoms with Crippen LogP contribution in [0.25, 0.3) is 93.2 Å². The molecule has 0 fully saturated rings. The maximum absolute atomic E-state index is 2.49. The Morgan fingerprint density at radius 1 is 0.321 bits per heavy atom. The molecule has 0 saturated carbocycles. The Hall–Kier alpha value is -7.42. The highest BCUT2D eigenvalue weighted by molar-refractivity contribution is 6.39. The zero-order valence-corrected chi connectivity index (χ0v) is 30.5. The molecular weight excluding hydrogens is 677 g/mol. The van der Waals surface area contributed by atoms with Crippen LogP contribution in [0.4, 0.5) is 17.1 Å². The molecule has 0 aliphatic heterocycles. The minimum absolute atomic E-state index is 1.10. The lowest BCUT2D eigenvalue weighted by Gasteiger charge is -2.28. The van der Waals surface area contributed by atoms with Crippen molar-refractivity contribution >= 4 is 71.2 Å². The van der Waals surface area contributed by atoms with Crippen LogP contribution in [-0.2, 0) is 0 Å². The second-order valence-corrected chi connectivity index (χ2v) is 14.9. The second-order valence-electron chi connectivity index (χ2n) is 14.9. The van der Waals surface area contributed by atoms with Crippen molar-refractivity contribution in [2.75, 3.05) is 4.90 Å². The number of para-hydroxylation sites is 1. The topological polar surface area (TPSA) is 8.17 Å². The Morgan fingerprint density at radius 2 is 0.821 bits per heavy atom. The maximum Gasteiger partial charge on any atom is 0.0568 e. The summed E-state index contributed by atoms with van der Waals surface area (Å²) >= 11 is 0. The van der Waals surface area contributed by atoms with Gasteiger partial charge in [-0.1, -0.05) is 158 Å². The van der Waals surface area contributed by atoms with Crippen molar-refractivity contribution < 1.29 is 0 Å². The van der Waals surface area contributed by atoms with E-state index in [0.717, 1.165) is 22.7 Å². The number of rotatable bonds is 6. The van der Waals surface area contributed by atoms with Gasteiger partial charge in [0.1, 0.15) is 0 Å². The van der Waals surface area contributed by atoms with Crippen molar-refractivity contribution in [2.24, 2.45) is 0 Å². The number of hydrogen-bond donors (Lipinski definition) is 0. The van der Waals surface area contributed by atoms with Crippen molar-refractivity contribution in [2.45, 2.75) is 0 Å². The molecular formula is C54H34N2. The van der Waals surface area contributed by atoms with E-state index in [4.69, 9.17) is 0 Å². The Bertz CT molecular complexity index is 3230. The molecule has 0 atom stereocenters. The average molecular weight is 711 g/mol. The van der Waals surface area contributed by atoms with Gasteiger partial charge in [-0.25, -0.2) is 0 Å². The molecule has 2 nitrogen and oxygen atoms in total. The molecule has 0 amide bonds. The highest BCUT2D eigenvalue weighted by atomic mass is 15.1. The van der Waals surface area contributed by atoms with Crippen LogP contribution in [0.15, 0.2) is 206 Å². The standard InChI is InChI=1S/C54H34N2/c1-4-12-35(13-5-1)37-24-29-42(30-25-37)55(43-31-26-38(27-32-43)36-14-6-2-7-15-36)48-34-49-54-52-45(20-11-21-46(48)52)44-19-10-16-39-22-23-40-28-33-47(53(54)51(40)50(39)44)56(49)41-17-8-3-9-18-41/h1-34H. The third-order valence-corrected chi connectivity index (χ3v) is 11.9. The van der Waals surface area contributed by atoms with E-state index < -0.39 is 0 Å². The summed E-state index contributed by atoms with van der Waals surface area (Å²) in [6, 6.07) is 75.7. The van der Waals surface area contributed by atoms with Gasteiger partial charge in [0.15, 0.2) is 0 Å². The first kappa shape index (κ1) is 31.0. The highest BCUT2D eigenvalue weighted by Gasteiger charge is 2.27. The van der Waals surface area contributed by atoms with Crippen LogP contribution in [0.2, 0.25) is 0 Å². The fourth-order valence-corrected chi connectivity index (χ4v) is 9.41. The molecule has 0 radical (unpaired) electrons. The van der Waals surface area contributed by atoms with Gasteiger partial charge in [-0.05, 0) is 98.1 Å². The first-order valence-corrected chi connectivity index (χ1v) is 19.4. The molecule has 1 aromatic heterocycles. The summed E-state index contributed by atoms with van der Waals surface area (Å²) < 4.78 is 2.49. The van der Waals surface area contributed by atoms with Crippen LogP contribution < -0.4 is 4.90 Å². The van der Waals surface area contributed by atoms with Crippen molar-refractivity contribution in [1.29, 1.82) is 0 Å². The number of hydrogen-bond acceptors (Lipinski definition) is 1. The maximum atomic E-state index is 2.49. The average Bonchev–Trinajstić information content (AvgIpc) is 3.54. The lowest BCUT2D eigenvalue weighted by atomic mass is 9.92. The van der Waals surface area contributed by atoms with E-state index in [1.165, 1.54) is 87.5 Å². The fraction of sp³-hybridized carbons (Fsp3) is 0. The van der Waals surface area contributed by atoms with Crippen molar-refractivity contribution in [3.63, 3.8) is 0 Å². The number of aromatic nitrogens is 1. The molecule has 1 heterocycles. The van der Waals surface area contributed by atoms with E-state index in [1.807, 2.05) is 0 Å². The monoisotopic (exact) mass is 710 g/mol. The normalized spacial score (nSPS) is 11.9. The second kappa shape index (κ2) is 12.0. The minimum Gasteiger partial charge on any atom is -0.310 e. The van der Waals surface area contributed by atoms with E-state index in [0.29, 0.717) is 0 Å². The van der Waals surface area contributed by atoms with Gasteiger partial charge in [0.25, 0.3) is 0 Å². The molecule has 10 aromatic carbocycles. The predicted molar refractivity (Wildman–Crippen MR) is 238 cm³/mol. The zero-order chi connectivity index (χ0) is 36.7. The van der Waals surface area contributed by atoms with Crippen LogP contribution in [0.3, 0.4) is 0 Å². The molecule has 1 aliphatic rings. The summed E-state index contributed by atoms with van der Waals surface area (Å²) in [5, 5.41) is 10.4. The largest absolute Gasteiger partial charge is 0.310 e. The zero-order valence-electron chi connectivity index (χ0n) is 30.5. The highest BCUT2D eigenvalue weighted by Crippen LogP contribution is 2.53. The van der Waals surface area contributed by atoms with Crippen LogP contribution in [-0.4, -0.2) is 4.57 Å². The fourth-order valence-electron chi connectivity index (χ4n) is 9.41. The molecule has 11 aromatic rings. The van der Waals surface area contributed by atoms with Crippen LogP contribution in [0.1, 0.15) is 0 Å². The molecule has 12 rings (SSSR count). The van der Waals surface area contributed by atoms with Gasteiger partial charge in [-0.15, -0.1) is 0 Å². The third kappa shape index (κ3) is 4.50. The summed E-state index contributed by atoms with van der Waals surface area (Å²) in [5.41, 5.74) is 14.3. The summed E-state index contributed by atoms with van der Waals surface area (Å²) in [6.07, 6.45) is 0. The quantitative estimate of drug-likeness (QED) is 0.156. The third-order valence-electron chi connectivity index (χ3n) is 11.9. The summed E-state index contributed by atoms with van der Waals surface area (Å²) in [6.45, 7) is 0. The Morgan fingerprint density at radius 3 is 1.45 bits per heavy atom. The SMILES string of the molecule is c1ccc(-c2ccc(N(c3ccc(-c4ccccc4)cc3)c3cc4c5c6c(cccc36)-c3cccc6ccc7ccc(c5c7c36)n4-c3ccccc3)cc2)cc1. The van der Waals surface area contributed by atoms with Gasteiger partial charge >= 0.3 is 0 Å². The Labute approximate surface area is 324 Å². The molecule has 0 N–H and O–H groups in total. The lowest BCUT2D eigenvalue weighted by molar-refractivity contribution is 1.18. The number of fused-ring (bicyclic) bond motifs is 1. The molecule has 1 aliphatic carbocycles. The summed E-state index contributed by atoms with van der Waals surface area (Å²) in [5.74, 6) is 0. The Kier molecular flexibility index (Phi) is 6.66. The summed E-state index contributed by atoms with van der Waals surface area (Å²) in [4.78, 5) is 2.46. The van der Waals surface area contributed by atoms with Crippen LogP contribution in [0, 0.1) is 0 Å². The van der Waals surface area contributed by atoms with Crippen molar-refractivity contribution in [1.82, 2.24) is 4.57 Å². The van der Waals surface area contributed by atoms with Crippen LogP contribution in [0.5, 0.6) is 0 Å².